The molecule has 20 heavy (non-hydrogen) atoms. The summed E-state index contributed by atoms with van der Waals surface area (Å²) in [5.41, 5.74) is 0.798. The van der Waals surface area contributed by atoms with Crippen molar-refractivity contribution in [2.45, 2.75) is 38.4 Å². The summed E-state index contributed by atoms with van der Waals surface area (Å²) in [5, 5.41) is 0. The van der Waals surface area contributed by atoms with E-state index >= 15 is 0 Å². The first-order chi connectivity index (χ1) is 9.47. The summed E-state index contributed by atoms with van der Waals surface area (Å²) in [4.78, 5) is 18.2. The Balaban J connectivity index is 1.88. The molecular formula is C15H22N2O2S. The lowest BCUT2D eigenvalue weighted by Gasteiger charge is -2.29. The van der Waals surface area contributed by atoms with E-state index < -0.39 is 0 Å². The first-order valence-corrected chi connectivity index (χ1v) is 7.97. The standard InChI is InChI=1S/C15H22N2O2S/c1-15(2,3)20-10-4-5-14(18)17-8-9-19-13-6-7-16-11-12(13)17/h6-7,11H,4-5,8-10H2,1-3H3. The van der Waals surface area contributed by atoms with Crippen LogP contribution < -0.4 is 9.64 Å². The number of carbonyl (C=O) groups excluding carboxylic acids is 1. The highest BCUT2D eigenvalue weighted by molar-refractivity contribution is 8.00. The number of rotatable bonds is 4. The number of pyridine rings is 1. The summed E-state index contributed by atoms with van der Waals surface area (Å²) >= 11 is 1.90. The topological polar surface area (TPSA) is 42.4 Å². The van der Waals surface area contributed by atoms with Crippen molar-refractivity contribution >= 4 is 23.4 Å². The van der Waals surface area contributed by atoms with Crippen LogP contribution in [0.4, 0.5) is 5.69 Å². The number of ether oxygens (including phenoxy) is 1. The van der Waals surface area contributed by atoms with Crippen LogP contribution in [0.2, 0.25) is 0 Å². The molecule has 110 valence electrons. The Morgan fingerprint density at radius 1 is 1.50 bits per heavy atom. The first-order valence-electron chi connectivity index (χ1n) is 6.98. The smallest absolute Gasteiger partial charge is 0.227 e. The van der Waals surface area contributed by atoms with Crippen molar-refractivity contribution in [2.24, 2.45) is 0 Å². The number of fused-ring (bicyclic) bond motifs is 1. The van der Waals surface area contributed by atoms with Gasteiger partial charge in [-0.05, 0) is 12.2 Å². The summed E-state index contributed by atoms with van der Waals surface area (Å²) in [6, 6.07) is 1.81. The Hall–Kier alpha value is -1.23. The van der Waals surface area contributed by atoms with Gasteiger partial charge in [0.25, 0.3) is 0 Å². The van der Waals surface area contributed by atoms with E-state index in [1.54, 1.807) is 17.3 Å². The molecule has 1 aromatic rings. The SMILES string of the molecule is CC(C)(C)SCCCC(=O)N1CCOc2ccncc21. The van der Waals surface area contributed by atoms with Crippen molar-refractivity contribution in [3.8, 4) is 5.75 Å². The maximum atomic E-state index is 12.3. The van der Waals surface area contributed by atoms with Gasteiger partial charge in [-0.1, -0.05) is 20.8 Å². The van der Waals surface area contributed by atoms with Crippen molar-refractivity contribution in [2.75, 3.05) is 23.8 Å². The summed E-state index contributed by atoms with van der Waals surface area (Å²) < 4.78 is 5.80. The van der Waals surface area contributed by atoms with Gasteiger partial charge < -0.3 is 9.64 Å². The Morgan fingerprint density at radius 2 is 2.30 bits per heavy atom. The van der Waals surface area contributed by atoms with Crippen LogP contribution in [0.25, 0.3) is 0 Å². The highest BCUT2D eigenvalue weighted by atomic mass is 32.2. The highest BCUT2D eigenvalue weighted by Gasteiger charge is 2.23. The van der Waals surface area contributed by atoms with Gasteiger partial charge in [0.2, 0.25) is 5.91 Å². The molecule has 2 rings (SSSR count). The third-order valence-electron chi connectivity index (χ3n) is 3.00. The van der Waals surface area contributed by atoms with Crippen LogP contribution in [0.15, 0.2) is 18.5 Å². The molecule has 0 N–H and O–H groups in total. The number of hydrogen-bond donors (Lipinski definition) is 0. The second-order valence-electron chi connectivity index (χ2n) is 5.80. The predicted molar refractivity (Wildman–Crippen MR) is 83.5 cm³/mol. The van der Waals surface area contributed by atoms with Crippen molar-refractivity contribution < 1.29 is 9.53 Å². The molecule has 5 heteroatoms. The molecule has 0 spiro atoms. The zero-order chi connectivity index (χ0) is 14.6. The Labute approximate surface area is 124 Å². The minimum absolute atomic E-state index is 0.164. The first kappa shape index (κ1) is 15.2. The van der Waals surface area contributed by atoms with E-state index in [-0.39, 0.29) is 10.7 Å². The van der Waals surface area contributed by atoms with E-state index in [1.807, 2.05) is 17.8 Å². The maximum absolute atomic E-state index is 12.3. The lowest BCUT2D eigenvalue weighted by atomic mass is 10.2. The average molecular weight is 294 g/mol. The molecule has 1 amide bonds. The van der Waals surface area contributed by atoms with Gasteiger partial charge in [-0.25, -0.2) is 0 Å². The second kappa shape index (κ2) is 6.48. The Bertz CT molecular complexity index is 471. The fourth-order valence-electron chi connectivity index (χ4n) is 2.06. The molecule has 1 aromatic heterocycles. The summed E-state index contributed by atoms with van der Waals surface area (Å²) in [6.07, 6.45) is 4.88. The molecule has 0 atom stereocenters. The molecule has 2 heterocycles. The minimum atomic E-state index is 0.164. The predicted octanol–water partition coefficient (Wildman–Crippen LogP) is 3.12. The van der Waals surface area contributed by atoms with E-state index in [9.17, 15) is 4.79 Å². The molecule has 0 bridgehead atoms. The van der Waals surface area contributed by atoms with E-state index in [2.05, 4.69) is 25.8 Å². The van der Waals surface area contributed by atoms with E-state index in [1.165, 1.54) is 0 Å². The van der Waals surface area contributed by atoms with Gasteiger partial charge in [0, 0.05) is 23.4 Å². The Kier molecular flexibility index (Phi) is 4.91. The molecule has 0 saturated heterocycles. The number of carbonyl (C=O) groups is 1. The van der Waals surface area contributed by atoms with Crippen LogP contribution in [0.5, 0.6) is 5.75 Å². The third kappa shape index (κ3) is 4.13. The number of hydrogen-bond acceptors (Lipinski definition) is 4. The average Bonchev–Trinajstić information content (AvgIpc) is 2.41. The molecule has 1 aliphatic rings. The van der Waals surface area contributed by atoms with Crippen molar-refractivity contribution in [3.05, 3.63) is 18.5 Å². The molecular weight excluding hydrogens is 272 g/mol. The number of nitrogens with zero attached hydrogens (tertiary/aromatic N) is 2. The normalized spacial score (nSPS) is 14.7. The van der Waals surface area contributed by atoms with E-state index in [0.717, 1.165) is 23.6 Å². The number of amides is 1. The van der Waals surface area contributed by atoms with Crippen LogP contribution in [0, 0.1) is 0 Å². The summed E-state index contributed by atoms with van der Waals surface area (Å²) in [7, 11) is 0. The van der Waals surface area contributed by atoms with E-state index in [4.69, 9.17) is 4.74 Å². The minimum Gasteiger partial charge on any atom is -0.489 e. The van der Waals surface area contributed by atoms with Crippen molar-refractivity contribution in [1.82, 2.24) is 4.98 Å². The van der Waals surface area contributed by atoms with Crippen LogP contribution in [-0.2, 0) is 4.79 Å². The third-order valence-corrected chi connectivity index (χ3v) is 4.35. The number of aromatic nitrogens is 1. The van der Waals surface area contributed by atoms with Gasteiger partial charge in [0.1, 0.15) is 18.0 Å². The quantitative estimate of drug-likeness (QED) is 0.800. The van der Waals surface area contributed by atoms with Gasteiger partial charge in [0.05, 0.1) is 12.7 Å². The second-order valence-corrected chi connectivity index (χ2v) is 7.72. The van der Waals surface area contributed by atoms with Gasteiger partial charge in [-0.3, -0.25) is 9.78 Å². The number of thioether (sulfide) groups is 1. The van der Waals surface area contributed by atoms with Gasteiger partial charge in [-0.2, -0.15) is 11.8 Å². The van der Waals surface area contributed by atoms with Crippen LogP contribution >= 0.6 is 11.8 Å². The molecule has 0 fully saturated rings. The molecule has 1 aliphatic heterocycles. The van der Waals surface area contributed by atoms with Gasteiger partial charge in [0.15, 0.2) is 0 Å². The summed E-state index contributed by atoms with van der Waals surface area (Å²) in [5.74, 6) is 1.93. The Morgan fingerprint density at radius 3 is 3.05 bits per heavy atom. The van der Waals surface area contributed by atoms with Crippen molar-refractivity contribution in [1.29, 1.82) is 0 Å². The fourth-order valence-corrected chi connectivity index (χ4v) is 2.96. The van der Waals surface area contributed by atoms with Crippen LogP contribution in [0.3, 0.4) is 0 Å². The largest absolute Gasteiger partial charge is 0.489 e. The molecule has 4 nitrogen and oxygen atoms in total. The molecule has 0 saturated carbocycles. The number of anilines is 1. The van der Waals surface area contributed by atoms with E-state index in [0.29, 0.717) is 19.6 Å². The molecule has 0 aliphatic carbocycles. The maximum Gasteiger partial charge on any atom is 0.227 e. The molecule has 0 aromatic carbocycles. The lowest BCUT2D eigenvalue weighted by molar-refractivity contribution is -0.118. The van der Waals surface area contributed by atoms with Gasteiger partial charge >= 0.3 is 0 Å². The van der Waals surface area contributed by atoms with Gasteiger partial charge in [-0.15, -0.1) is 0 Å². The highest BCUT2D eigenvalue weighted by Crippen LogP contribution is 2.31. The zero-order valence-electron chi connectivity index (χ0n) is 12.4. The fraction of sp³-hybridized carbons (Fsp3) is 0.600. The molecule has 0 unspecified atom stereocenters. The van der Waals surface area contributed by atoms with Crippen LogP contribution in [0.1, 0.15) is 33.6 Å². The summed E-state index contributed by atoms with van der Waals surface area (Å²) in [6.45, 7) is 7.76. The van der Waals surface area contributed by atoms with Crippen LogP contribution in [-0.4, -0.2) is 34.5 Å². The monoisotopic (exact) mass is 294 g/mol. The molecule has 0 radical (unpaired) electrons. The zero-order valence-corrected chi connectivity index (χ0v) is 13.2. The van der Waals surface area contributed by atoms with Crippen molar-refractivity contribution in [3.63, 3.8) is 0 Å². The lowest BCUT2D eigenvalue weighted by Crippen LogP contribution is -2.38.